The maximum atomic E-state index is 3.45. The first-order valence-electron chi connectivity index (χ1n) is 6.87. The van der Waals surface area contributed by atoms with Crippen LogP contribution in [0.15, 0.2) is 29.2 Å². The lowest BCUT2D eigenvalue weighted by molar-refractivity contribution is 0.674. The van der Waals surface area contributed by atoms with Crippen molar-refractivity contribution in [2.24, 2.45) is 0 Å². The van der Waals surface area contributed by atoms with Crippen molar-refractivity contribution < 1.29 is 0 Å². The fourth-order valence-electron chi connectivity index (χ4n) is 1.65. The highest BCUT2D eigenvalue weighted by molar-refractivity contribution is 8.00. The van der Waals surface area contributed by atoms with Gasteiger partial charge in [0.15, 0.2) is 0 Å². The van der Waals surface area contributed by atoms with Gasteiger partial charge in [0, 0.05) is 11.4 Å². The fourth-order valence-corrected chi connectivity index (χ4v) is 3.40. The van der Waals surface area contributed by atoms with Crippen molar-refractivity contribution in [1.29, 1.82) is 0 Å². The molecule has 0 atom stereocenters. The molecule has 1 N–H and O–H groups in total. The first-order valence-corrected chi connectivity index (χ1v) is 9.01. The summed E-state index contributed by atoms with van der Waals surface area (Å²) in [7, 11) is 0. The second kappa shape index (κ2) is 10.8. The first-order chi connectivity index (χ1) is 8.86. The van der Waals surface area contributed by atoms with E-state index in [-0.39, 0.29) is 0 Å². The van der Waals surface area contributed by atoms with Crippen molar-refractivity contribution in [2.75, 3.05) is 23.8 Å². The van der Waals surface area contributed by atoms with Crippen molar-refractivity contribution in [3.05, 3.63) is 29.8 Å². The highest BCUT2D eigenvalue weighted by Gasteiger charge is 1.97. The van der Waals surface area contributed by atoms with Crippen LogP contribution in [0.4, 0.5) is 0 Å². The van der Waals surface area contributed by atoms with Crippen molar-refractivity contribution in [3.8, 4) is 0 Å². The van der Waals surface area contributed by atoms with Gasteiger partial charge in [-0.2, -0.15) is 11.8 Å². The van der Waals surface area contributed by atoms with Gasteiger partial charge < -0.3 is 5.32 Å². The lowest BCUT2D eigenvalue weighted by atomic mass is 10.2. The Hall–Kier alpha value is -0.120. The third kappa shape index (κ3) is 7.34. The van der Waals surface area contributed by atoms with Crippen LogP contribution < -0.4 is 5.32 Å². The van der Waals surface area contributed by atoms with Crippen LogP contribution >= 0.6 is 23.5 Å². The molecule has 0 radical (unpaired) electrons. The highest BCUT2D eigenvalue weighted by atomic mass is 32.2. The zero-order valence-electron chi connectivity index (χ0n) is 11.6. The third-order valence-corrected chi connectivity index (χ3v) is 4.63. The summed E-state index contributed by atoms with van der Waals surface area (Å²) >= 11 is 4.02. The van der Waals surface area contributed by atoms with Gasteiger partial charge in [-0.3, -0.25) is 0 Å². The second-order valence-electron chi connectivity index (χ2n) is 4.22. The van der Waals surface area contributed by atoms with Crippen molar-refractivity contribution >= 4 is 23.5 Å². The number of thioether (sulfide) groups is 2. The molecule has 0 amide bonds. The van der Waals surface area contributed by atoms with E-state index < -0.39 is 0 Å². The second-order valence-corrected chi connectivity index (χ2v) is 6.79. The number of benzene rings is 1. The van der Waals surface area contributed by atoms with Crippen LogP contribution in [0.3, 0.4) is 0 Å². The molecule has 1 aromatic rings. The van der Waals surface area contributed by atoms with E-state index in [1.165, 1.54) is 40.6 Å². The van der Waals surface area contributed by atoms with E-state index in [9.17, 15) is 0 Å². The van der Waals surface area contributed by atoms with Gasteiger partial charge in [0.05, 0.1) is 0 Å². The Balaban J connectivity index is 2.26. The van der Waals surface area contributed by atoms with Gasteiger partial charge in [0.25, 0.3) is 0 Å². The summed E-state index contributed by atoms with van der Waals surface area (Å²) < 4.78 is 0. The Morgan fingerprint density at radius 3 is 2.83 bits per heavy atom. The minimum absolute atomic E-state index is 0.994. The molecular weight excluding hydrogens is 258 g/mol. The number of hydrogen-bond acceptors (Lipinski definition) is 3. The summed E-state index contributed by atoms with van der Waals surface area (Å²) in [5.41, 5.74) is 1.40. The molecule has 0 aliphatic carbocycles. The normalized spacial score (nSPS) is 10.8. The molecule has 0 heterocycles. The van der Waals surface area contributed by atoms with Crippen LogP contribution in [0.25, 0.3) is 0 Å². The minimum Gasteiger partial charge on any atom is -0.313 e. The molecule has 0 aliphatic heterocycles. The summed E-state index contributed by atoms with van der Waals surface area (Å²) in [6.07, 6.45) is 2.50. The van der Waals surface area contributed by atoms with Crippen molar-refractivity contribution in [3.63, 3.8) is 0 Å². The van der Waals surface area contributed by atoms with Gasteiger partial charge in [0.1, 0.15) is 0 Å². The average molecular weight is 284 g/mol. The van der Waals surface area contributed by atoms with E-state index in [0.29, 0.717) is 0 Å². The van der Waals surface area contributed by atoms with Gasteiger partial charge in [-0.1, -0.05) is 26.0 Å². The van der Waals surface area contributed by atoms with Crippen LogP contribution in [0.1, 0.15) is 32.3 Å². The predicted octanol–water partition coefficient (Wildman–Crippen LogP) is 4.42. The van der Waals surface area contributed by atoms with E-state index >= 15 is 0 Å². The molecule has 0 saturated heterocycles. The number of nitrogens with one attached hydrogen (secondary N) is 1. The molecule has 0 aromatic heterocycles. The quantitative estimate of drug-likeness (QED) is 0.504. The molecule has 1 aromatic carbocycles. The molecule has 1 rings (SSSR count). The summed E-state index contributed by atoms with van der Waals surface area (Å²) in [6, 6.07) is 8.92. The highest BCUT2D eigenvalue weighted by Crippen LogP contribution is 2.20. The molecule has 18 heavy (non-hydrogen) atoms. The maximum Gasteiger partial charge on any atom is 0.0205 e. The maximum absolute atomic E-state index is 3.45. The molecule has 102 valence electrons. The Labute approximate surface area is 121 Å². The molecule has 0 spiro atoms. The van der Waals surface area contributed by atoms with E-state index in [4.69, 9.17) is 0 Å². The molecule has 0 unspecified atom stereocenters. The molecule has 1 nitrogen and oxygen atoms in total. The standard InChI is InChI=1S/C15H25NS2/c1-3-9-16-13-14-7-5-8-15(12-14)18-11-6-10-17-4-2/h5,7-8,12,16H,3-4,6,9-11,13H2,1-2H3. The molecular formula is C15H25NS2. The summed E-state index contributed by atoms with van der Waals surface area (Å²) in [5, 5.41) is 3.45. The summed E-state index contributed by atoms with van der Waals surface area (Å²) in [6.45, 7) is 6.53. The average Bonchev–Trinajstić information content (AvgIpc) is 2.39. The fraction of sp³-hybridized carbons (Fsp3) is 0.600. The van der Waals surface area contributed by atoms with Gasteiger partial charge in [-0.25, -0.2) is 0 Å². The van der Waals surface area contributed by atoms with Crippen LogP contribution in [-0.2, 0) is 6.54 Å². The smallest absolute Gasteiger partial charge is 0.0205 e. The topological polar surface area (TPSA) is 12.0 Å². The Kier molecular flexibility index (Phi) is 9.54. The van der Waals surface area contributed by atoms with Crippen molar-refractivity contribution in [1.82, 2.24) is 5.32 Å². The van der Waals surface area contributed by atoms with Crippen LogP contribution in [0.2, 0.25) is 0 Å². The minimum atomic E-state index is 0.994. The SMILES string of the molecule is CCCNCc1cccc(SCCCSCC)c1. The molecule has 3 heteroatoms. The lowest BCUT2D eigenvalue weighted by Gasteiger charge is -2.06. The van der Waals surface area contributed by atoms with Crippen LogP contribution in [0.5, 0.6) is 0 Å². The van der Waals surface area contributed by atoms with E-state index in [1.807, 2.05) is 23.5 Å². The van der Waals surface area contributed by atoms with E-state index in [2.05, 4.69) is 43.4 Å². The van der Waals surface area contributed by atoms with E-state index in [1.54, 1.807) is 0 Å². The van der Waals surface area contributed by atoms with Crippen LogP contribution in [0, 0.1) is 0 Å². The Morgan fingerprint density at radius 1 is 1.17 bits per heavy atom. The molecule has 0 bridgehead atoms. The Bertz CT molecular complexity index is 315. The summed E-state index contributed by atoms with van der Waals surface area (Å²) in [5.74, 6) is 3.77. The largest absolute Gasteiger partial charge is 0.313 e. The molecule has 0 saturated carbocycles. The van der Waals surface area contributed by atoms with Gasteiger partial charge in [-0.05, 0) is 54.3 Å². The van der Waals surface area contributed by atoms with Crippen LogP contribution in [-0.4, -0.2) is 23.8 Å². The zero-order valence-corrected chi connectivity index (χ0v) is 13.2. The Morgan fingerprint density at radius 2 is 2.06 bits per heavy atom. The molecule has 0 aliphatic rings. The monoisotopic (exact) mass is 283 g/mol. The zero-order chi connectivity index (χ0) is 13.1. The molecule has 0 fully saturated rings. The summed E-state index contributed by atoms with van der Waals surface area (Å²) in [4.78, 5) is 1.41. The number of hydrogen-bond donors (Lipinski definition) is 1. The third-order valence-electron chi connectivity index (χ3n) is 2.56. The number of rotatable bonds is 10. The predicted molar refractivity (Wildman–Crippen MR) is 86.8 cm³/mol. The van der Waals surface area contributed by atoms with Gasteiger partial charge in [0.2, 0.25) is 0 Å². The van der Waals surface area contributed by atoms with E-state index in [0.717, 1.165) is 13.1 Å². The van der Waals surface area contributed by atoms with Gasteiger partial charge >= 0.3 is 0 Å². The lowest BCUT2D eigenvalue weighted by Crippen LogP contribution is -2.13. The first kappa shape index (κ1) is 15.9. The van der Waals surface area contributed by atoms with Crippen molar-refractivity contribution in [2.45, 2.75) is 38.1 Å². The van der Waals surface area contributed by atoms with Gasteiger partial charge in [-0.15, -0.1) is 11.8 Å².